The van der Waals surface area contributed by atoms with Crippen molar-refractivity contribution < 1.29 is 14.4 Å². The minimum atomic E-state index is -0.785. The summed E-state index contributed by atoms with van der Waals surface area (Å²) in [5.74, 6) is -0.125. The number of rotatable bonds is 8. The number of piperazine rings is 1. The summed E-state index contributed by atoms with van der Waals surface area (Å²) in [5.41, 5.74) is 10.1. The Kier molecular flexibility index (Phi) is 11.5. The highest BCUT2D eigenvalue weighted by Gasteiger charge is 2.34. The molecule has 2 fully saturated rings. The van der Waals surface area contributed by atoms with E-state index in [-0.39, 0.29) is 24.0 Å². The first-order chi connectivity index (χ1) is 24.3. The third kappa shape index (κ3) is 8.56. The molecule has 0 aliphatic carbocycles. The van der Waals surface area contributed by atoms with Gasteiger partial charge in [-0.1, -0.05) is 36.4 Å². The van der Waals surface area contributed by atoms with Gasteiger partial charge in [0.2, 0.25) is 5.91 Å². The lowest BCUT2D eigenvalue weighted by molar-refractivity contribution is -0.133. The molecule has 2 aliphatic heterocycles. The zero-order chi connectivity index (χ0) is 35.0. The maximum atomic E-state index is 14.1. The second-order valence-corrected chi connectivity index (χ2v) is 14.1. The van der Waals surface area contributed by atoms with Gasteiger partial charge >= 0.3 is 12.1 Å². The molecule has 0 spiro atoms. The molecule has 4 N–H and O–H groups in total. The summed E-state index contributed by atoms with van der Waals surface area (Å²) in [6.07, 6.45) is 4.99. The van der Waals surface area contributed by atoms with E-state index in [4.69, 9.17) is 5.73 Å². The van der Waals surface area contributed by atoms with Crippen LogP contribution in [0.25, 0.3) is 0 Å². The number of nitrogens with two attached hydrogens (primary N) is 1. The number of nitrogen functional groups attached to an aromatic ring is 1. The molecule has 50 heavy (non-hydrogen) atoms. The molecule has 0 unspecified atom stereocenters. The van der Waals surface area contributed by atoms with Crippen LogP contribution in [0, 0.1) is 0 Å². The van der Waals surface area contributed by atoms with Crippen LogP contribution in [0.3, 0.4) is 0 Å². The average Bonchev–Trinajstić information content (AvgIpc) is 3.15. The first kappa shape index (κ1) is 35.2. The zero-order valence-corrected chi connectivity index (χ0v) is 30.7. The van der Waals surface area contributed by atoms with Gasteiger partial charge in [0.05, 0.1) is 5.69 Å². The van der Waals surface area contributed by atoms with Crippen molar-refractivity contribution in [1.82, 2.24) is 20.1 Å². The van der Waals surface area contributed by atoms with Gasteiger partial charge in [0.1, 0.15) is 6.04 Å². The SMILES string of the molecule is Nc1c(Br)cc(C[C@H](NC(=O)N2CCC(N(C(=O)Nc3ccccc3)c3ccccc3)CC2)C(=O)N2CCN(c3ccncc3)CC2)cc1Br. The third-order valence-corrected chi connectivity index (χ3v) is 10.5. The average molecular weight is 805 g/mol. The normalized spacial score (nSPS) is 15.7. The Labute approximate surface area is 309 Å². The van der Waals surface area contributed by atoms with Gasteiger partial charge in [0.15, 0.2) is 0 Å². The molecule has 0 saturated carbocycles. The van der Waals surface area contributed by atoms with Crippen molar-refractivity contribution in [1.29, 1.82) is 0 Å². The Balaban J connectivity index is 1.13. The lowest BCUT2D eigenvalue weighted by Crippen LogP contribution is -2.58. The van der Waals surface area contributed by atoms with Crippen LogP contribution in [0.2, 0.25) is 0 Å². The minimum Gasteiger partial charge on any atom is -0.397 e. The Morgan fingerprint density at radius 2 is 1.42 bits per heavy atom. The Hall–Kier alpha value is -4.62. The number of piperidine rings is 1. The van der Waals surface area contributed by atoms with Crippen molar-refractivity contribution >= 4 is 72.6 Å². The largest absolute Gasteiger partial charge is 0.397 e. The number of para-hydroxylation sites is 2. The molecule has 2 aliphatic rings. The molecule has 11 nitrogen and oxygen atoms in total. The molecule has 3 aromatic carbocycles. The molecule has 6 rings (SSSR count). The van der Waals surface area contributed by atoms with E-state index < -0.39 is 6.04 Å². The number of nitrogens with zero attached hydrogens (tertiary/aromatic N) is 5. The van der Waals surface area contributed by atoms with Crippen molar-refractivity contribution in [2.45, 2.75) is 31.3 Å². The summed E-state index contributed by atoms with van der Waals surface area (Å²) in [6.45, 7) is 3.30. The molecular formula is C37H40Br2N8O3. The predicted molar refractivity (Wildman–Crippen MR) is 204 cm³/mol. The second kappa shape index (κ2) is 16.4. The number of pyridine rings is 1. The number of aromatic nitrogens is 1. The number of hydrogen-bond acceptors (Lipinski definition) is 6. The number of urea groups is 2. The quantitative estimate of drug-likeness (QED) is 0.178. The van der Waals surface area contributed by atoms with Gasteiger partial charge < -0.3 is 31.1 Å². The number of halogens is 2. The molecule has 5 amide bonds. The predicted octanol–water partition coefficient (Wildman–Crippen LogP) is 6.36. The topological polar surface area (TPSA) is 127 Å². The van der Waals surface area contributed by atoms with Crippen molar-refractivity contribution in [2.75, 3.05) is 60.1 Å². The molecule has 3 heterocycles. The van der Waals surface area contributed by atoms with Gasteiger partial charge in [-0.15, -0.1) is 0 Å². The molecule has 260 valence electrons. The number of carbonyl (C=O) groups is 3. The van der Waals surface area contributed by atoms with Crippen LogP contribution in [0.5, 0.6) is 0 Å². The van der Waals surface area contributed by atoms with Gasteiger partial charge in [0, 0.05) is 90.1 Å². The first-order valence-electron chi connectivity index (χ1n) is 16.7. The number of benzene rings is 3. The summed E-state index contributed by atoms with van der Waals surface area (Å²) in [5, 5.41) is 6.10. The van der Waals surface area contributed by atoms with Gasteiger partial charge in [-0.05, 0) is 98.8 Å². The van der Waals surface area contributed by atoms with Crippen LogP contribution in [0.15, 0.2) is 106 Å². The number of carbonyl (C=O) groups excluding carboxylic acids is 3. The fourth-order valence-electron chi connectivity index (χ4n) is 6.51. The van der Waals surface area contributed by atoms with E-state index in [1.807, 2.05) is 89.8 Å². The molecule has 13 heteroatoms. The maximum absolute atomic E-state index is 14.1. The molecule has 0 radical (unpaired) electrons. The lowest BCUT2D eigenvalue weighted by Gasteiger charge is -2.40. The Bertz CT molecular complexity index is 1740. The molecule has 2 saturated heterocycles. The highest BCUT2D eigenvalue weighted by molar-refractivity contribution is 9.11. The maximum Gasteiger partial charge on any atom is 0.326 e. The van der Waals surface area contributed by atoms with E-state index in [0.717, 1.165) is 16.9 Å². The highest BCUT2D eigenvalue weighted by Crippen LogP contribution is 2.31. The van der Waals surface area contributed by atoms with Gasteiger partial charge in [-0.3, -0.25) is 14.7 Å². The number of likely N-dealkylation sites (tertiary alicyclic amines) is 1. The van der Waals surface area contributed by atoms with Crippen molar-refractivity contribution in [2.24, 2.45) is 0 Å². The molecule has 4 aromatic rings. The van der Waals surface area contributed by atoms with Crippen LogP contribution < -0.4 is 26.2 Å². The van der Waals surface area contributed by atoms with Crippen LogP contribution in [-0.2, 0) is 11.2 Å². The Morgan fingerprint density at radius 3 is 2.04 bits per heavy atom. The van der Waals surface area contributed by atoms with E-state index in [2.05, 4.69) is 52.4 Å². The Morgan fingerprint density at radius 1 is 0.820 bits per heavy atom. The summed E-state index contributed by atoms with van der Waals surface area (Å²) in [7, 11) is 0. The number of hydrogen-bond donors (Lipinski definition) is 3. The summed E-state index contributed by atoms with van der Waals surface area (Å²) < 4.78 is 1.43. The molecule has 1 aromatic heterocycles. The summed E-state index contributed by atoms with van der Waals surface area (Å²) in [4.78, 5) is 53.2. The van der Waals surface area contributed by atoms with Crippen LogP contribution in [-0.4, -0.2) is 84.1 Å². The fourth-order valence-corrected chi connectivity index (χ4v) is 7.79. The standard InChI is InChI=1S/C37H40Br2N8O3/c38-31-23-26(24-32(39)34(31)40)25-33(35(48)45-21-19-44(20-22-45)28-11-15-41-16-12-28)43-36(49)46-17-13-30(14-18-46)47(29-9-5-2-6-10-29)37(50)42-27-7-3-1-4-8-27/h1-12,15-16,23-24,30,33H,13-14,17-22,25,40H2,(H,42,50)(H,43,49)/t33-/m0/s1. The highest BCUT2D eigenvalue weighted by atomic mass is 79.9. The molecule has 0 bridgehead atoms. The van der Waals surface area contributed by atoms with Crippen molar-refractivity contribution in [3.63, 3.8) is 0 Å². The van der Waals surface area contributed by atoms with E-state index in [9.17, 15) is 14.4 Å². The van der Waals surface area contributed by atoms with E-state index in [1.54, 1.807) is 22.2 Å². The van der Waals surface area contributed by atoms with Gasteiger partial charge in [-0.2, -0.15) is 0 Å². The van der Waals surface area contributed by atoms with Crippen LogP contribution in [0.1, 0.15) is 18.4 Å². The molecular weight excluding hydrogens is 764 g/mol. The zero-order valence-electron chi connectivity index (χ0n) is 27.6. The summed E-state index contributed by atoms with van der Waals surface area (Å²) >= 11 is 7.03. The molecule has 1 atom stereocenters. The number of nitrogens with one attached hydrogen (secondary N) is 2. The third-order valence-electron chi connectivity index (χ3n) is 9.19. The van der Waals surface area contributed by atoms with E-state index in [1.165, 1.54) is 0 Å². The van der Waals surface area contributed by atoms with E-state index in [0.29, 0.717) is 78.9 Å². The van der Waals surface area contributed by atoms with Gasteiger partial charge in [0.25, 0.3) is 0 Å². The minimum absolute atomic E-state index is 0.122. The lowest BCUT2D eigenvalue weighted by atomic mass is 10.0. The van der Waals surface area contributed by atoms with Crippen LogP contribution >= 0.6 is 31.9 Å². The second-order valence-electron chi connectivity index (χ2n) is 12.4. The monoisotopic (exact) mass is 802 g/mol. The van der Waals surface area contributed by atoms with E-state index >= 15 is 0 Å². The first-order valence-corrected chi connectivity index (χ1v) is 18.3. The van der Waals surface area contributed by atoms with Crippen molar-refractivity contribution in [3.8, 4) is 0 Å². The number of anilines is 4. The van der Waals surface area contributed by atoms with Crippen molar-refractivity contribution in [3.05, 3.63) is 112 Å². The smallest absolute Gasteiger partial charge is 0.326 e. The summed E-state index contributed by atoms with van der Waals surface area (Å²) in [6, 6.07) is 25.2. The van der Waals surface area contributed by atoms with Gasteiger partial charge in [-0.25, -0.2) is 9.59 Å². The fraction of sp³-hybridized carbons (Fsp3) is 0.297. The van der Waals surface area contributed by atoms with Crippen LogP contribution in [0.4, 0.5) is 32.3 Å². The number of amides is 5.